The maximum Gasteiger partial charge on any atom is 0.306 e. The molecule has 6 atom stereocenters. The average molecular weight is 664 g/mol. The minimum Gasteiger partial charge on any atom is -0.463 e. The molecule has 0 saturated carbocycles. The standard InChI is InChI=1S/C39H41N3O7/c43-23-10-2-9-21-42-35-38(47)41(29-19-18-26-12-5-6-15-28(26)24-29)22-11-20-39(35)34(37(42)46)33-31(49-39)16-7-8-17-32(44)48-25-30(40-36(33)45)27-13-3-1-4-14-27/h1,3-7,11-16,18-20,24,30-31,33-35,43H,2,8-10,17,21-23,25H2,(H,40,45)/b16-7-/t30-,31+,33-,34-,35+,39-/m1/s1. The number of aliphatic hydroxyl groups is 1. The molecule has 10 nitrogen and oxygen atoms in total. The number of rotatable bonds is 7. The topological polar surface area (TPSA) is 125 Å². The molecule has 4 heterocycles. The van der Waals surface area contributed by atoms with Crippen molar-refractivity contribution >= 4 is 40.2 Å². The monoisotopic (exact) mass is 663 g/mol. The molecule has 0 radical (unpaired) electrons. The third kappa shape index (κ3) is 6.15. The summed E-state index contributed by atoms with van der Waals surface area (Å²) in [5.41, 5.74) is 0.0693. The first-order valence-corrected chi connectivity index (χ1v) is 17.2. The predicted molar refractivity (Wildman–Crippen MR) is 183 cm³/mol. The summed E-state index contributed by atoms with van der Waals surface area (Å²) in [6.07, 6.45) is 8.80. The van der Waals surface area contributed by atoms with E-state index in [0.29, 0.717) is 31.4 Å². The fourth-order valence-corrected chi connectivity index (χ4v) is 7.82. The van der Waals surface area contributed by atoms with Gasteiger partial charge < -0.3 is 29.7 Å². The summed E-state index contributed by atoms with van der Waals surface area (Å²) < 4.78 is 12.4. The van der Waals surface area contributed by atoms with Gasteiger partial charge in [-0.05, 0) is 54.2 Å². The summed E-state index contributed by atoms with van der Waals surface area (Å²) in [6.45, 7) is 0.538. The molecular weight excluding hydrogens is 622 g/mol. The minimum atomic E-state index is -1.40. The van der Waals surface area contributed by atoms with Gasteiger partial charge in [-0.1, -0.05) is 85.0 Å². The van der Waals surface area contributed by atoms with Crippen molar-refractivity contribution in [3.05, 3.63) is 103 Å². The van der Waals surface area contributed by atoms with Gasteiger partial charge in [0.1, 0.15) is 18.2 Å². The van der Waals surface area contributed by atoms with E-state index in [0.717, 1.165) is 16.3 Å². The molecule has 4 aliphatic heterocycles. The number of allylic oxidation sites excluding steroid dienone is 1. The second-order valence-electron chi connectivity index (χ2n) is 13.2. The lowest BCUT2D eigenvalue weighted by atomic mass is 9.77. The van der Waals surface area contributed by atoms with E-state index < -0.39 is 41.5 Å². The van der Waals surface area contributed by atoms with Gasteiger partial charge in [0, 0.05) is 31.8 Å². The molecule has 2 fully saturated rings. The van der Waals surface area contributed by atoms with Crippen LogP contribution in [0.15, 0.2) is 97.1 Å². The molecule has 3 aromatic carbocycles. The van der Waals surface area contributed by atoms with Gasteiger partial charge in [0.05, 0.1) is 24.0 Å². The molecule has 0 bridgehead atoms. The Kier molecular flexibility index (Phi) is 9.33. The Balaban J connectivity index is 1.28. The van der Waals surface area contributed by atoms with Gasteiger partial charge in [-0.15, -0.1) is 0 Å². The fourth-order valence-electron chi connectivity index (χ4n) is 7.82. The summed E-state index contributed by atoms with van der Waals surface area (Å²) in [7, 11) is 0. The number of carbonyl (C=O) groups is 4. The second-order valence-corrected chi connectivity index (χ2v) is 13.2. The molecular formula is C39H41N3O7. The van der Waals surface area contributed by atoms with Crippen molar-refractivity contribution < 1.29 is 33.8 Å². The van der Waals surface area contributed by atoms with E-state index in [9.17, 15) is 24.3 Å². The Labute approximate surface area is 285 Å². The number of hydrogen-bond acceptors (Lipinski definition) is 7. The molecule has 10 heteroatoms. The number of cyclic esters (lactones) is 1. The number of anilines is 1. The number of ether oxygens (including phenoxy) is 2. The highest BCUT2D eigenvalue weighted by Crippen LogP contribution is 2.53. The highest BCUT2D eigenvalue weighted by molar-refractivity contribution is 6.06. The van der Waals surface area contributed by atoms with Crippen LogP contribution < -0.4 is 10.2 Å². The van der Waals surface area contributed by atoms with Crippen molar-refractivity contribution in [2.24, 2.45) is 11.8 Å². The van der Waals surface area contributed by atoms with Crippen LogP contribution in [0.4, 0.5) is 5.69 Å². The molecule has 1 spiro atoms. The molecule has 4 aliphatic rings. The number of aliphatic hydroxyl groups excluding tert-OH is 1. The summed E-state index contributed by atoms with van der Waals surface area (Å²) in [4.78, 5) is 59.8. The zero-order valence-corrected chi connectivity index (χ0v) is 27.3. The Morgan fingerprint density at radius 2 is 1.67 bits per heavy atom. The van der Waals surface area contributed by atoms with Gasteiger partial charge in [-0.2, -0.15) is 0 Å². The Bertz CT molecular complexity index is 1790. The SMILES string of the molecule is O=C1CC/C=C\[C@@H]2O[C@@]34C=CCN(c5ccc6ccccc6c5)C(=O)[C@@H]3N(CCCCCO)C(=O)[C@H]4[C@@H]2C(=O)N[C@@H](c2ccccc2)CO1. The first kappa shape index (κ1) is 32.7. The minimum absolute atomic E-state index is 0.0403. The van der Waals surface area contributed by atoms with E-state index in [1.807, 2.05) is 84.9 Å². The molecule has 2 saturated heterocycles. The Morgan fingerprint density at radius 1 is 0.878 bits per heavy atom. The first-order valence-electron chi connectivity index (χ1n) is 17.2. The number of hydrogen-bond donors (Lipinski definition) is 2. The maximum atomic E-state index is 14.8. The van der Waals surface area contributed by atoms with Gasteiger partial charge >= 0.3 is 5.97 Å². The zero-order chi connectivity index (χ0) is 34.0. The number of unbranched alkanes of at least 4 members (excludes halogenated alkanes) is 2. The molecule has 7 rings (SSSR count). The highest BCUT2D eigenvalue weighted by Gasteiger charge is 2.71. The molecule has 0 unspecified atom stereocenters. The number of benzene rings is 3. The van der Waals surface area contributed by atoms with E-state index in [1.165, 1.54) is 0 Å². The van der Waals surface area contributed by atoms with Crippen LogP contribution in [0.25, 0.3) is 10.8 Å². The van der Waals surface area contributed by atoms with E-state index >= 15 is 0 Å². The van der Waals surface area contributed by atoms with E-state index in [2.05, 4.69) is 5.32 Å². The normalized spacial score (nSPS) is 29.3. The molecule has 3 amide bonds. The van der Waals surface area contributed by atoms with Crippen molar-refractivity contribution in [1.29, 1.82) is 0 Å². The number of amides is 3. The van der Waals surface area contributed by atoms with E-state index in [-0.39, 0.29) is 50.5 Å². The smallest absolute Gasteiger partial charge is 0.306 e. The van der Waals surface area contributed by atoms with Crippen LogP contribution in [0.2, 0.25) is 0 Å². The second kappa shape index (κ2) is 14.0. The van der Waals surface area contributed by atoms with Gasteiger partial charge in [-0.25, -0.2) is 0 Å². The van der Waals surface area contributed by atoms with Crippen LogP contribution in [0.5, 0.6) is 0 Å². The largest absolute Gasteiger partial charge is 0.463 e. The predicted octanol–water partition coefficient (Wildman–Crippen LogP) is 4.24. The van der Waals surface area contributed by atoms with E-state index in [1.54, 1.807) is 22.0 Å². The number of nitrogens with zero attached hydrogens (tertiary/aromatic N) is 2. The number of nitrogens with one attached hydrogen (secondary N) is 1. The van der Waals surface area contributed by atoms with Crippen molar-refractivity contribution in [3.63, 3.8) is 0 Å². The van der Waals surface area contributed by atoms with Crippen LogP contribution in [0.1, 0.15) is 43.7 Å². The summed E-state index contributed by atoms with van der Waals surface area (Å²) in [5.74, 6) is -3.28. The third-order valence-electron chi connectivity index (χ3n) is 10.2. The number of carbonyl (C=O) groups excluding carboxylic acids is 4. The van der Waals surface area contributed by atoms with Gasteiger partial charge in [0.15, 0.2) is 0 Å². The van der Waals surface area contributed by atoms with Crippen LogP contribution in [-0.2, 0) is 28.7 Å². The van der Waals surface area contributed by atoms with Crippen molar-refractivity contribution in [2.45, 2.75) is 55.9 Å². The molecule has 254 valence electrons. The first-order chi connectivity index (χ1) is 23.9. The number of esters is 1. The average Bonchev–Trinajstić information content (AvgIpc) is 3.50. The molecule has 2 N–H and O–H groups in total. The lowest BCUT2D eigenvalue weighted by Crippen LogP contribution is -2.55. The molecule has 49 heavy (non-hydrogen) atoms. The van der Waals surface area contributed by atoms with E-state index in [4.69, 9.17) is 9.47 Å². The Hall–Kier alpha value is -4.80. The third-order valence-corrected chi connectivity index (χ3v) is 10.2. The van der Waals surface area contributed by atoms with Crippen LogP contribution >= 0.6 is 0 Å². The van der Waals surface area contributed by atoms with Gasteiger partial charge in [-0.3, -0.25) is 19.2 Å². The summed E-state index contributed by atoms with van der Waals surface area (Å²) in [5, 5.41) is 14.5. The van der Waals surface area contributed by atoms with Gasteiger partial charge in [0.25, 0.3) is 5.91 Å². The van der Waals surface area contributed by atoms with Crippen LogP contribution in [0.3, 0.4) is 0 Å². The highest BCUT2D eigenvalue weighted by atomic mass is 16.5. The number of likely N-dealkylation sites (tertiary alicyclic amines) is 1. The molecule has 0 aromatic heterocycles. The summed E-state index contributed by atoms with van der Waals surface area (Å²) >= 11 is 0. The molecule has 3 aromatic rings. The molecule has 0 aliphatic carbocycles. The maximum absolute atomic E-state index is 14.8. The zero-order valence-electron chi connectivity index (χ0n) is 27.3. The van der Waals surface area contributed by atoms with Crippen molar-refractivity contribution in [1.82, 2.24) is 10.2 Å². The van der Waals surface area contributed by atoms with Gasteiger partial charge in [0.2, 0.25) is 11.8 Å². The Morgan fingerprint density at radius 3 is 2.49 bits per heavy atom. The fraction of sp³-hybridized carbons (Fsp3) is 0.385. The van der Waals surface area contributed by atoms with Crippen molar-refractivity contribution in [3.8, 4) is 0 Å². The number of fused-ring (bicyclic) bond motifs is 3. The summed E-state index contributed by atoms with van der Waals surface area (Å²) in [6, 6.07) is 21.4. The lowest BCUT2D eigenvalue weighted by molar-refractivity contribution is -0.146. The van der Waals surface area contributed by atoms with Crippen LogP contribution in [0, 0.1) is 11.8 Å². The lowest BCUT2D eigenvalue weighted by Gasteiger charge is -2.35. The quantitative estimate of drug-likeness (QED) is 0.220. The van der Waals surface area contributed by atoms with Crippen molar-refractivity contribution in [2.75, 3.05) is 31.2 Å². The van der Waals surface area contributed by atoms with Crippen LogP contribution in [-0.4, -0.2) is 77.7 Å².